The molecular formula is C30H28ClN5O3. The van der Waals surface area contributed by atoms with Gasteiger partial charge in [-0.15, -0.1) is 0 Å². The molecule has 1 aliphatic carbocycles. The molecule has 1 N–H and O–H groups in total. The molecule has 198 valence electrons. The lowest BCUT2D eigenvalue weighted by atomic mass is 9.74. The number of rotatable bonds is 6. The van der Waals surface area contributed by atoms with Crippen molar-refractivity contribution in [2.24, 2.45) is 5.41 Å². The van der Waals surface area contributed by atoms with Crippen LogP contribution in [-0.4, -0.2) is 50.6 Å². The van der Waals surface area contributed by atoms with Gasteiger partial charge in [0.25, 0.3) is 11.8 Å². The molecule has 2 aromatic heterocycles. The highest BCUT2D eigenvalue weighted by molar-refractivity contribution is 6.30. The van der Waals surface area contributed by atoms with Crippen molar-refractivity contribution in [3.8, 4) is 17.3 Å². The molecule has 1 saturated carbocycles. The third-order valence-electron chi connectivity index (χ3n) is 7.60. The molecule has 6 rings (SSSR count). The number of nitrogens with zero attached hydrogens (tertiary/aromatic N) is 4. The molecular weight excluding hydrogens is 514 g/mol. The Balaban J connectivity index is 1.09. The minimum absolute atomic E-state index is 0.0103. The number of ether oxygens (including phenoxy) is 1. The molecule has 1 atom stereocenters. The summed E-state index contributed by atoms with van der Waals surface area (Å²) in [7, 11) is 0. The Kier molecular flexibility index (Phi) is 6.56. The second-order valence-corrected chi connectivity index (χ2v) is 10.7. The second kappa shape index (κ2) is 10.2. The first-order chi connectivity index (χ1) is 18.9. The number of pyridine rings is 1. The molecule has 2 aliphatic rings. The van der Waals surface area contributed by atoms with Crippen LogP contribution in [0.15, 0.2) is 79.0 Å². The van der Waals surface area contributed by atoms with Gasteiger partial charge in [-0.2, -0.15) is 5.10 Å². The van der Waals surface area contributed by atoms with E-state index in [2.05, 4.69) is 15.4 Å². The largest absolute Gasteiger partial charge is 0.439 e. The number of likely N-dealkylation sites (tertiary alicyclic amines) is 1. The first-order valence-corrected chi connectivity index (χ1v) is 13.4. The summed E-state index contributed by atoms with van der Waals surface area (Å²) in [6.45, 7) is 3.14. The number of carbonyl (C=O) groups excluding carboxylic acids is 2. The van der Waals surface area contributed by atoms with E-state index in [0.717, 1.165) is 30.6 Å². The lowest BCUT2D eigenvalue weighted by molar-refractivity contribution is -0.00439. The van der Waals surface area contributed by atoms with E-state index < -0.39 is 0 Å². The van der Waals surface area contributed by atoms with Gasteiger partial charge in [0.1, 0.15) is 11.4 Å². The quantitative estimate of drug-likeness (QED) is 0.351. The topological polar surface area (TPSA) is 89.4 Å². The highest BCUT2D eigenvalue weighted by Crippen LogP contribution is 2.46. The van der Waals surface area contributed by atoms with Gasteiger partial charge in [-0.1, -0.05) is 36.2 Å². The van der Waals surface area contributed by atoms with Crippen molar-refractivity contribution in [3.05, 3.63) is 101 Å². The zero-order valence-corrected chi connectivity index (χ0v) is 22.3. The highest BCUT2D eigenvalue weighted by atomic mass is 35.5. The standard InChI is InChI=1S/C30H28ClN5O3/c1-20-16-25(36(34-20)23-6-3-2-4-7-23)28(37)33-26-8-5-15-30(26)18-35(19-30)29(38)21-9-12-24(13-10-21)39-27-14-11-22(31)17-32-27/h2-4,6-7,9-14,16-17,26H,5,8,15,18-19H2,1H3,(H,33,37). The number of para-hydroxylation sites is 1. The van der Waals surface area contributed by atoms with Crippen molar-refractivity contribution in [2.45, 2.75) is 32.2 Å². The maximum atomic E-state index is 13.4. The summed E-state index contributed by atoms with van der Waals surface area (Å²) in [6.07, 6.45) is 4.43. The summed E-state index contributed by atoms with van der Waals surface area (Å²) in [6, 6.07) is 21.9. The van der Waals surface area contributed by atoms with E-state index in [4.69, 9.17) is 16.3 Å². The smallest absolute Gasteiger partial charge is 0.270 e. The van der Waals surface area contributed by atoms with Crippen LogP contribution in [-0.2, 0) is 0 Å². The molecule has 8 nitrogen and oxygen atoms in total. The van der Waals surface area contributed by atoms with E-state index in [0.29, 0.717) is 41.0 Å². The van der Waals surface area contributed by atoms with E-state index in [1.807, 2.05) is 48.2 Å². The summed E-state index contributed by atoms with van der Waals surface area (Å²) in [4.78, 5) is 32.6. The summed E-state index contributed by atoms with van der Waals surface area (Å²) in [5, 5.41) is 8.35. The number of aromatic nitrogens is 3. The van der Waals surface area contributed by atoms with Gasteiger partial charge < -0.3 is 15.0 Å². The van der Waals surface area contributed by atoms with Crippen LogP contribution in [0.4, 0.5) is 0 Å². The van der Waals surface area contributed by atoms with Crippen LogP contribution in [0.2, 0.25) is 5.02 Å². The molecule has 1 saturated heterocycles. The number of hydrogen-bond donors (Lipinski definition) is 1. The maximum Gasteiger partial charge on any atom is 0.270 e. The molecule has 4 aromatic rings. The van der Waals surface area contributed by atoms with E-state index in [1.165, 1.54) is 6.20 Å². The fourth-order valence-electron chi connectivity index (χ4n) is 5.65. The molecule has 3 heterocycles. The molecule has 2 fully saturated rings. The Morgan fingerprint density at radius 2 is 1.82 bits per heavy atom. The SMILES string of the molecule is Cc1cc(C(=O)NC2CCCC23CN(C(=O)c2ccc(Oc4ccc(Cl)cn4)cc2)C3)n(-c2ccccc2)n1. The Bertz CT molecular complexity index is 1500. The average Bonchev–Trinajstić information content (AvgIpc) is 3.53. The Morgan fingerprint density at radius 3 is 2.54 bits per heavy atom. The third-order valence-corrected chi connectivity index (χ3v) is 7.82. The number of nitrogens with one attached hydrogen (secondary N) is 1. The van der Waals surface area contributed by atoms with Crippen molar-refractivity contribution < 1.29 is 14.3 Å². The summed E-state index contributed by atoms with van der Waals surface area (Å²) in [5.41, 5.74) is 2.65. The van der Waals surface area contributed by atoms with Crippen LogP contribution in [0.5, 0.6) is 11.6 Å². The van der Waals surface area contributed by atoms with Crippen LogP contribution in [0.3, 0.4) is 0 Å². The monoisotopic (exact) mass is 541 g/mol. The van der Waals surface area contributed by atoms with Crippen molar-refractivity contribution in [1.29, 1.82) is 0 Å². The molecule has 2 aromatic carbocycles. The van der Waals surface area contributed by atoms with Crippen LogP contribution in [0.25, 0.3) is 5.69 Å². The van der Waals surface area contributed by atoms with E-state index in [9.17, 15) is 9.59 Å². The highest BCUT2D eigenvalue weighted by Gasteiger charge is 2.53. The molecule has 2 amide bonds. The molecule has 1 unspecified atom stereocenters. The van der Waals surface area contributed by atoms with Gasteiger partial charge in [0.05, 0.1) is 16.4 Å². The summed E-state index contributed by atoms with van der Waals surface area (Å²) < 4.78 is 7.42. The fraction of sp³-hybridized carbons (Fsp3) is 0.267. The second-order valence-electron chi connectivity index (χ2n) is 10.3. The minimum atomic E-state index is -0.138. The number of amides is 2. The van der Waals surface area contributed by atoms with Crippen LogP contribution in [0, 0.1) is 12.3 Å². The van der Waals surface area contributed by atoms with Crippen molar-refractivity contribution in [2.75, 3.05) is 13.1 Å². The van der Waals surface area contributed by atoms with E-state index >= 15 is 0 Å². The summed E-state index contributed by atoms with van der Waals surface area (Å²) >= 11 is 5.87. The number of benzene rings is 2. The van der Waals surface area contributed by atoms with Gasteiger partial charge in [0, 0.05) is 42.4 Å². The Labute approximate surface area is 231 Å². The van der Waals surface area contributed by atoms with Crippen LogP contribution < -0.4 is 10.1 Å². The zero-order chi connectivity index (χ0) is 27.0. The van der Waals surface area contributed by atoms with Gasteiger partial charge in [0.2, 0.25) is 5.88 Å². The Hall–Kier alpha value is -4.17. The minimum Gasteiger partial charge on any atom is -0.439 e. The number of aryl methyl sites for hydroxylation is 1. The molecule has 0 radical (unpaired) electrons. The van der Waals surface area contributed by atoms with Gasteiger partial charge >= 0.3 is 0 Å². The van der Waals surface area contributed by atoms with Gasteiger partial charge in [-0.05, 0) is 68.3 Å². The third kappa shape index (κ3) is 5.00. The predicted molar refractivity (Wildman–Crippen MR) is 148 cm³/mol. The number of hydrogen-bond acceptors (Lipinski definition) is 5. The number of carbonyl (C=O) groups is 2. The first-order valence-electron chi connectivity index (χ1n) is 13.0. The summed E-state index contributed by atoms with van der Waals surface area (Å²) in [5.74, 6) is 0.859. The fourth-order valence-corrected chi connectivity index (χ4v) is 5.76. The lowest BCUT2D eigenvalue weighted by Gasteiger charge is -2.51. The predicted octanol–water partition coefficient (Wildman–Crippen LogP) is 5.45. The molecule has 1 aliphatic heterocycles. The van der Waals surface area contributed by atoms with Crippen LogP contribution in [0.1, 0.15) is 45.8 Å². The normalized spacial score (nSPS) is 17.6. The zero-order valence-electron chi connectivity index (χ0n) is 21.5. The Morgan fingerprint density at radius 1 is 1.05 bits per heavy atom. The lowest BCUT2D eigenvalue weighted by Crippen LogP contribution is -2.64. The van der Waals surface area contributed by atoms with Crippen LogP contribution >= 0.6 is 11.6 Å². The molecule has 1 spiro atoms. The van der Waals surface area contributed by atoms with Gasteiger partial charge in [0.15, 0.2) is 0 Å². The number of halogens is 1. The van der Waals surface area contributed by atoms with Gasteiger partial charge in [-0.25, -0.2) is 9.67 Å². The van der Waals surface area contributed by atoms with Gasteiger partial charge in [-0.3, -0.25) is 9.59 Å². The van der Waals surface area contributed by atoms with Crippen molar-refractivity contribution >= 4 is 23.4 Å². The van der Waals surface area contributed by atoms with Crippen molar-refractivity contribution in [3.63, 3.8) is 0 Å². The van der Waals surface area contributed by atoms with E-state index in [1.54, 1.807) is 41.1 Å². The maximum absolute atomic E-state index is 13.4. The molecule has 9 heteroatoms. The molecule has 0 bridgehead atoms. The molecule has 39 heavy (non-hydrogen) atoms. The first kappa shape index (κ1) is 25.1. The average molecular weight is 542 g/mol. The van der Waals surface area contributed by atoms with Crippen molar-refractivity contribution in [1.82, 2.24) is 25.0 Å². The van der Waals surface area contributed by atoms with E-state index in [-0.39, 0.29) is 23.3 Å².